The van der Waals surface area contributed by atoms with E-state index in [9.17, 15) is 4.79 Å². The molecule has 0 unspecified atom stereocenters. The molecule has 0 saturated heterocycles. The fourth-order valence-electron chi connectivity index (χ4n) is 3.11. The first-order valence-corrected chi connectivity index (χ1v) is 11.0. The van der Waals surface area contributed by atoms with E-state index in [1.165, 1.54) is 0 Å². The Balaban J connectivity index is 1.65. The number of carbonyl (C=O) groups excluding carboxylic acids is 1. The van der Waals surface area contributed by atoms with Crippen LogP contribution < -0.4 is 0 Å². The summed E-state index contributed by atoms with van der Waals surface area (Å²) in [6.45, 7) is 5.92. The molecule has 4 rings (SSSR count). The van der Waals surface area contributed by atoms with Crippen molar-refractivity contribution in [3.05, 3.63) is 51.1 Å². The first kappa shape index (κ1) is 20.7. The monoisotopic (exact) mass is 534 g/mol. The second kappa shape index (κ2) is 8.31. The molecule has 4 heterocycles. The molecule has 0 spiro atoms. The predicted molar refractivity (Wildman–Crippen MR) is 119 cm³/mol. The number of hydrogen-bond donors (Lipinski definition) is 0. The van der Waals surface area contributed by atoms with Crippen molar-refractivity contribution in [2.24, 2.45) is 0 Å². The maximum absolute atomic E-state index is 13.0. The van der Waals surface area contributed by atoms with Crippen LogP contribution in [0.5, 0.6) is 0 Å². The lowest BCUT2D eigenvalue weighted by molar-refractivity contribution is 0.0776. The van der Waals surface area contributed by atoms with Gasteiger partial charge in [-0.25, -0.2) is 9.50 Å². The summed E-state index contributed by atoms with van der Waals surface area (Å²) in [6.07, 6.45) is 5.51. The van der Waals surface area contributed by atoms with Gasteiger partial charge in [-0.15, -0.1) is 0 Å². The minimum Gasteiger partial charge on any atom is -0.334 e. The zero-order chi connectivity index (χ0) is 21.4. The second-order valence-electron chi connectivity index (χ2n) is 6.75. The first-order valence-electron chi connectivity index (χ1n) is 9.46. The van der Waals surface area contributed by atoms with E-state index in [2.05, 4.69) is 52.1 Å². The highest BCUT2D eigenvalue weighted by Crippen LogP contribution is 2.27. The van der Waals surface area contributed by atoms with E-state index in [0.29, 0.717) is 17.9 Å². The number of halogens is 2. The Bertz CT molecular complexity index is 1220. The summed E-state index contributed by atoms with van der Waals surface area (Å²) in [5.41, 5.74) is 3.19. The van der Waals surface area contributed by atoms with Crippen molar-refractivity contribution in [3.8, 4) is 11.4 Å². The van der Waals surface area contributed by atoms with Crippen LogP contribution in [0.2, 0.25) is 0 Å². The number of amides is 1. The maximum atomic E-state index is 13.0. The van der Waals surface area contributed by atoms with Crippen LogP contribution in [-0.4, -0.2) is 52.0 Å². The Morgan fingerprint density at radius 2 is 1.77 bits per heavy atom. The molecule has 0 bridgehead atoms. The van der Waals surface area contributed by atoms with E-state index in [1.54, 1.807) is 28.7 Å². The van der Waals surface area contributed by atoms with Crippen LogP contribution >= 0.6 is 31.9 Å². The molecule has 4 aromatic rings. The highest BCUT2D eigenvalue weighted by Gasteiger charge is 2.21. The van der Waals surface area contributed by atoms with Gasteiger partial charge in [-0.1, -0.05) is 0 Å². The lowest BCUT2D eigenvalue weighted by Crippen LogP contribution is -2.27. The highest BCUT2D eigenvalue weighted by molar-refractivity contribution is 9.10. The predicted octanol–water partition coefficient (Wildman–Crippen LogP) is 3.63. The topological polar surface area (TPSA) is 86.1 Å². The summed E-state index contributed by atoms with van der Waals surface area (Å²) in [6, 6.07) is 3.52. The van der Waals surface area contributed by atoms with E-state index >= 15 is 0 Å². The summed E-state index contributed by atoms with van der Waals surface area (Å²) in [5.74, 6) is -0.206. The summed E-state index contributed by atoms with van der Waals surface area (Å²) in [4.78, 5) is 19.0. The van der Waals surface area contributed by atoms with Gasteiger partial charge in [0.2, 0.25) is 0 Å². The largest absolute Gasteiger partial charge is 0.334 e. The summed E-state index contributed by atoms with van der Waals surface area (Å²) < 4.78 is 7.04. The van der Waals surface area contributed by atoms with E-state index in [-0.39, 0.29) is 5.91 Å². The summed E-state index contributed by atoms with van der Waals surface area (Å²) in [5, 5.41) is 13.6. The van der Waals surface area contributed by atoms with Crippen LogP contribution in [-0.2, 0) is 19.6 Å². The van der Waals surface area contributed by atoms with Gasteiger partial charge < -0.3 is 4.90 Å². The van der Waals surface area contributed by atoms with Crippen LogP contribution in [0.3, 0.4) is 0 Å². The Morgan fingerprint density at radius 1 is 1.07 bits per heavy atom. The van der Waals surface area contributed by atoms with Crippen LogP contribution in [0, 0.1) is 0 Å². The number of rotatable bonds is 6. The molecule has 4 aromatic heterocycles. The lowest BCUT2D eigenvalue weighted by atomic mass is 10.3. The number of hydrogen-bond acceptors (Lipinski definition) is 5. The molecule has 0 aromatic carbocycles. The molecule has 0 saturated carbocycles. The smallest absolute Gasteiger partial charge is 0.274 e. The molecule has 30 heavy (non-hydrogen) atoms. The number of carbonyl (C=O) groups is 1. The number of nitrogens with zero attached hydrogens (tertiary/aromatic N) is 8. The van der Waals surface area contributed by atoms with Crippen LogP contribution in [0.15, 0.2) is 39.7 Å². The average Bonchev–Trinajstić information content (AvgIpc) is 3.43. The molecule has 11 heteroatoms. The summed E-state index contributed by atoms with van der Waals surface area (Å²) in [7, 11) is 1.73. The SMILES string of the molecule is CCn1cc(Br)c(CN(C)C(=O)c2cc3nccc(-c4nn(CC)cc4Br)n3n2)n1. The van der Waals surface area contributed by atoms with Gasteiger partial charge in [-0.2, -0.15) is 15.3 Å². The Hall–Kier alpha value is -2.53. The van der Waals surface area contributed by atoms with Gasteiger partial charge in [0, 0.05) is 44.8 Å². The molecule has 0 radical (unpaired) electrons. The molecule has 0 N–H and O–H groups in total. The third-order valence-electron chi connectivity index (χ3n) is 4.71. The molecule has 0 atom stereocenters. The normalized spacial score (nSPS) is 11.4. The molecule has 0 aliphatic rings. The van der Waals surface area contributed by atoms with Gasteiger partial charge in [0.1, 0.15) is 5.69 Å². The standard InChI is InChI=1S/C19H20Br2N8O/c1-4-27-9-12(20)15(23-27)11-26(3)19(30)14-8-17-22-7-6-16(29(17)24-14)18-13(21)10-28(5-2)25-18/h6-10H,4-5,11H2,1-3H3. The van der Waals surface area contributed by atoms with E-state index in [4.69, 9.17) is 0 Å². The van der Waals surface area contributed by atoms with Gasteiger partial charge >= 0.3 is 0 Å². The third-order valence-corrected chi connectivity index (χ3v) is 5.95. The van der Waals surface area contributed by atoms with Gasteiger partial charge in [0.15, 0.2) is 11.3 Å². The van der Waals surface area contributed by atoms with Crippen molar-refractivity contribution >= 4 is 43.4 Å². The highest BCUT2D eigenvalue weighted by atomic mass is 79.9. The summed E-state index contributed by atoms with van der Waals surface area (Å²) >= 11 is 7.06. The third kappa shape index (κ3) is 3.79. The van der Waals surface area contributed by atoms with Gasteiger partial charge in [-0.05, 0) is 51.8 Å². The molecule has 1 amide bonds. The zero-order valence-electron chi connectivity index (χ0n) is 16.7. The Morgan fingerprint density at radius 3 is 2.43 bits per heavy atom. The van der Waals surface area contributed by atoms with Gasteiger partial charge in [0.25, 0.3) is 5.91 Å². The average molecular weight is 536 g/mol. The van der Waals surface area contributed by atoms with Crippen molar-refractivity contribution < 1.29 is 4.79 Å². The molecule has 156 valence electrons. The van der Waals surface area contributed by atoms with E-state index < -0.39 is 0 Å². The van der Waals surface area contributed by atoms with Gasteiger partial charge in [-0.3, -0.25) is 14.2 Å². The minimum absolute atomic E-state index is 0.206. The van der Waals surface area contributed by atoms with Crippen molar-refractivity contribution in [1.29, 1.82) is 0 Å². The van der Waals surface area contributed by atoms with E-state index in [0.717, 1.165) is 39.1 Å². The second-order valence-corrected chi connectivity index (χ2v) is 8.46. The number of aromatic nitrogens is 7. The molecule has 0 fully saturated rings. The molecule has 9 nitrogen and oxygen atoms in total. The van der Waals surface area contributed by atoms with Crippen molar-refractivity contribution in [2.75, 3.05) is 7.05 Å². The fraction of sp³-hybridized carbons (Fsp3) is 0.316. The van der Waals surface area contributed by atoms with Crippen molar-refractivity contribution in [2.45, 2.75) is 33.5 Å². The molecule has 0 aliphatic carbocycles. The zero-order valence-corrected chi connectivity index (χ0v) is 19.9. The van der Waals surface area contributed by atoms with Crippen LogP contribution in [0.25, 0.3) is 17.0 Å². The van der Waals surface area contributed by atoms with Crippen molar-refractivity contribution in [1.82, 2.24) is 39.1 Å². The lowest BCUT2D eigenvalue weighted by Gasteiger charge is -2.14. The minimum atomic E-state index is -0.206. The quantitative estimate of drug-likeness (QED) is 0.376. The molecule has 0 aliphatic heterocycles. The van der Waals surface area contributed by atoms with Crippen LogP contribution in [0.1, 0.15) is 30.0 Å². The Labute approximate surface area is 189 Å². The first-order chi connectivity index (χ1) is 14.4. The van der Waals surface area contributed by atoms with Crippen molar-refractivity contribution in [3.63, 3.8) is 0 Å². The maximum Gasteiger partial charge on any atom is 0.274 e. The number of aryl methyl sites for hydroxylation is 2. The molecular formula is C19H20Br2N8O. The van der Waals surface area contributed by atoms with Gasteiger partial charge in [0.05, 0.1) is 26.9 Å². The Kier molecular flexibility index (Phi) is 5.74. The molecular weight excluding hydrogens is 516 g/mol. The fourth-order valence-corrected chi connectivity index (χ4v) is 4.07. The van der Waals surface area contributed by atoms with Crippen LogP contribution in [0.4, 0.5) is 0 Å². The van der Waals surface area contributed by atoms with E-state index in [1.807, 2.05) is 41.7 Å². The number of fused-ring (bicyclic) bond motifs is 1.